The summed E-state index contributed by atoms with van der Waals surface area (Å²) in [6.07, 6.45) is 3.73. The fraction of sp³-hybridized carbons (Fsp3) is 0.440. The second kappa shape index (κ2) is 11.2. The molecule has 3 aliphatic rings. The first-order chi connectivity index (χ1) is 16.7. The lowest BCUT2D eigenvalue weighted by Crippen LogP contribution is -2.46. The van der Waals surface area contributed by atoms with Crippen LogP contribution in [0.3, 0.4) is 0 Å². The van der Waals surface area contributed by atoms with Gasteiger partial charge in [-0.25, -0.2) is 4.39 Å². The highest BCUT2D eigenvalue weighted by Gasteiger charge is 2.29. The minimum atomic E-state index is -0.426. The van der Waals surface area contributed by atoms with E-state index >= 15 is 0 Å². The number of piperidine rings is 1. The van der Waals surface area contributed by atoms with E-state index in [1.807, 2.05) is 6.07 Å². The zero-order valence-electron chi connectivity index (χ0n) is 19.7. The van der Waals surface area contributed by atoms with Gasteiger partial charge in [0.2, 0.25) is 0 Å². The summed E-state index contributed by atoms with van der Waals surface area (Å²) in [4.78, 5) is 19.5. The van der Waals surface area contributed by atoms with Crippen molar-refractivity contribution in [2.24, 2.45) is 0 Å². The fourth-order valence-electron chi connectivity index (χ4n) is 5.14. The zero-order chi connectivity index (χ0) is 23.1. The number of fused-ring (bicyclic) bond motifs is 1. The molecule has 0 spiro atoms. The normalized spacial score (nSPS) is 19.2. The Labute approximate surface area is 220 Å². The molecule has 8 nitrogen and oxygen atoms in total. The molecule has 0 unspecified atom stereocenters. The minimum Gasteiger partial charge on any atom is -0.486 e. The quantitative estimate of drug-likeness (QED) is 0.533. The van der Waals surface area contributed by atoms with E-state index in [9.17, 15) is 9.18 Å². The molecule has 36 heavy (non-hydrogen) atoms. The molecule has 1 fully saturated rings. The van der Waals surface area contributed by atoms with Crippen molar-refractivity contribution in [3.05, 3.63) is 58.4 Å². The minimum absolute atomic E-state index is 0. The van der Waals surface area contributed by atoms with Crippen molar-refractivity contribution >= 4 is 35.7 Å². The average Bonchev–Trinajstić information content (AvgIpc) is 2.87. The maximum atomic E-state index is 14.3. The Bertz CT molecular complexity index is 1280. The van der Waals surface area contributed by atoms with Crippen molar-refractivity contribution < 1.29 is 18.6 Å². The molecule has 1 aromatic carbocycles. The highest BCUT2D eigenvalue weighted by molar-refractivity contribution is 5.86. The van der Waals surface area contributed by atoms with Crippen molar-refractivity contribution in [2.75, 3.05) is 39.5 Å². The van der Waals surface area contributed by atoms with Crippen LogP contribution in [0.1, 0.15) is 24.6 Å². The van der Waals surface area contributed by atoms with Crippen molar-refractivity contribution in [1.82, 2.24) is 19.8 Å². The summed E-state index contributed by atoms with van der Waals surface area (Å²) in [6.45, 7) is 4.64. The first-order valence-corrected chi connectivity index (χ1v) is 11.8. The average molecular weight is 539 g/mol. The van der Waals surface area contributed by atoms with Gasteiger partial charge in [-0.3, -0.25) is 14.3 Å². The third kappa shape index (κ3) is 5.11. The predicted octanol–water partition coefficient (Wildman–Crippen LogP) is 3.34. The number of ether oxygens (including phenoxy) is 3. The second-order valence-electron chi connectivity index (χ2n) is 9.10. The zero-order valence-corrected chi connectivity index (χ0v) is 21.3. The van der Waals surface area contributed by atoms with Crippen molar-refractivity contribution in [2.45, 2.75) is 31.5 Å². The Morgan fingerprint density at radius 3 is 2.58 bits per heavy atom. The lowest BCUT2D eigenvalue weighted by molar-refractivity contribution is 0.137. The van der Waals surface area contributed by atoms with Crippen LogP contribution in [0.15, 0.2) is 41.3 Å². The topological polar surface area (TPSA) is 77.9 Å². The maximum absolute atomic E-state index is 14.3. The highest BCUT2D eigenvalue weighted by Crippen LogP contribution is 2.34. The van der Waals surface area contributed by atoms with E-state index in [4.69, 9.17) is 14.2 Å². The molecular weight excluding hydrogens is 510 g/mol. The van der Waals surface area contributed by atoms with E-state index in [-0.39, 0.29) is 42.2 Å². The smallest absolute Gasteiger partial charge is 0.251 e. The Morgan fingerprint density at radius 1 is 1.03 bits per heavy atom. The van der Waals surface area contributed by atoms with Crippen LogP contribution in [0.4, 0.5) is 4.39 Å². The fourth-order valence-corrected chi connectivity index (χ4v) is 5.14. The number of halogens is 3. The van der Waals surface area contributed by atoms with Crippen molar-refractivity contribution in [1.29, 1.82) is 0 Å². The highest BCUT2D eigenvalue weighted by atomic mass is 35.5. The standard InChI is InChI=1S/C25H27FN4O4.2ClH/c26-20-3-1-16-2-4-23(31)30-19(15-34-25(20)24(16)30)14-29-7-5-17(6-8-29)27-12-18-11-21-22(13-28-18)33-10-9-32-21;;/h1-4,11,13,17,19,27H,5-10,12,14-15H2;2*1H/t19-;;/m1../s1. The number of rotatable bonds is 5. The number of likely N-dealkylation sites (tertiary alicyclic amines) is 1. The van der Waals surface area contributed by atoms with Crippen LogP contribution in [0.25, 0.3) is 10.9 Å². The molecule has 194 valence electrons. The van der Waals surface area contributed by atoms with Crippen LogP contribution in [0, 0.1) is 5.82 Å². The summed E-state index contributed by atoms with van der Waals surface area (Å²) in [5, 5.41) is 4.42. The summed E-state index contributed by atoms with van der Waals surface area (Å²) in [5.41, 5.74) is 1.38. The van der Waals surface area contributed by atoms with Crippen LogP contribution < -0.4 is 25.1 Å². The van der Waals surface area contributed by atoms with E-state index in [1.54, 1.807) is 29.0 Å². The summed E-state index contributed by atoms with van der Waals surface area (Å²) >= 11 is 0. The third-order valence-electron chi connectivity index (χ3n) is 6.90. The Hall–Kier alpha value is -2.59. The summed E-state index contributed by atoms with van der Waals surface area (Å²) < 4.78 is 33.0. The molecule has 0 aliphatic carbocycles. The molecule has 0 saturated carbocycles. The van der Waals surface area contributed by atoms with Crippen molar-refractivity contribution in [3.8, 4) is 17.2 Å². The number of pyridine rings is 2. The molecule has 0 radical (unpaired) electrons. The maximum Gasteiger partial charge on any atom is 0.251 e. The molecule has 3 aromatic rings. The van der Waals surface area contributed by atoms with E-state index in [2.05, 4.69) is 15.2 Å². The number of nitrogens with zero attached hydrogens (tertiary/aromatic N) is 3. The molecule has 1 N–H and O–H groups in total. The summed E-state index contributed by atoms with van der Waals surface area (Å²) in [7, 11) is 0. The molecule has 1 atom stereocenters. The van der Waals surface area contributed by atoms with Gasteiger partial charge >= 0.3 is 0 Å². The third-order valence-corrected chi connectivity index (χ3v) is 6.90. The number of nitrogens with one attached hydrogen (secondary N) is 1. The number of aromatic nitrogens is 2. The van der Waals surface area contributed by atoms with Gasteiger partial charge in [-0.1, -0.05) is 0 Å². The van der Waals surface area contributed by atoms with Gasteiger partial charge in [-0.05, 0) is 44.1 Å². The molecule has 1 saturated heterocycles. The number of hydrogen-bond donors (Lipinski definition) is 1. The number of benzene rings is 1. The van der Waals surface area contributed by atoms with Crippen LogP contribution >= 0.6 is 24.8 Å². The molecular formula is C25H29Cl2FN4O4. The first kappa shape index (κ1) is 26.5. The van der Waals surface area contributed by atoms with Crippen LogP contribution in [0.5, 0.6) is 17.2 Å². The SMILES string of the molecule is Cl.Cl.O=c1ccc2ccc(F)c3c2n1[C@H](CN1CCC(NCc2cc4c(cn2)OCCO4)CC1)CO3. The summed E-state index contributed by atoms with van der Waals surface area (Å²) in [5.74, 6) is 1.22. The lowest BCUT2D eigenvalue weighted by Gasteiger charge is -2.36. The Morgan fingerprint density at radius 2 is 1.78 bits per heavy atom. The monoisotopic (exact) mass is 538 g/mol. The van der Waals surface area contributed by atoms with E-state index < -0.39 is 5.82 Å². The van der Waals surface area contributed by atoms with E-state index in [1.165, 1.54) is 6.07 Å². The van der Waals surface area contributed by atoms with Crippen molar-refractivity contribution in [3.63, 3.8) is 0 Å². The van der Waals surface area contributed by atoms with Gasteiger partial charge in [0.15, 0.2) is 23.1 Å². The van der Waals surface area contributed by atoms with Gasteiger partial charge in [0.1, 0.15) is 19.8 Å². The largest absolute Gasteiger partial charge is 0.486 e. The first-order valence-electron chi connectivity index (χ1n) is 11.8. The summed E-state index contributed by atoms with van der Waals surface area (Å²) in [6, 6.07) is 8.58. The molecule has 6 rings (SSSR count). The molecule has 5 heterocycles. The molecule has 0 bridgehead atoms. The van der Waals surface area contributed by atoms with Gasteiger partial charge in [-0.2, -0.15) is 0 Å². The Balaban J connectivity index is 0.00000152. The van der Waals surface area contributed by atoms with E-state index in [0.717, 1.165) is 42.8 Å². The van der Waals surface area contributed by atoms with Crippen LogP contribution in [-0.4, -0.2) is 59.9 Å². The number of hydrogen-bond acceptors (Lipinski definition) is 7. The van der Waals surface area contributed by atoms with E-state index in [0.29, 0.717) is 50.2 Å². The van der Waals surface area contributed by atoms with Gasteiger partial charge in [0.25, 0.3) is 5.56 Å². The lowest BCUT2D eigenvalue weighted by atomic mass is 10.0. The van der Waals surface area contributed by atoms with Gasteiger partial charge < -0.3 is 24.4 Å². The molecule has 11 heteroatoms. The molecule has 2 aromatic heterocycles. The van der Waals surface area contributed by atoms with Gasteiger partial charge in [0, 0.05) is 36.7 Å². The Kier molecular flexibility index (Phi) is 8.24. The molecule has 3 aliphatic heterocycles. The second-order valence-corrected chi connectivity index (χ2v) is 9.10. The van der Waals surface area contributed by atoms with Crippen LogP contribution in [-0.2, 0) is 6.54 Å². The van der Waals surface area contributed by atoms with Gasteiger partial charge in [0.05, 0.1) is 23.4 Å². The predicted molar refractivity (Wildman–Crippen MR) is 139 cm³/mol. The van der Waals surface area contributed by atoms with Gasteiger partial charge in [-0.15, -0.1) is 24.8 Å². The van der Waals surface area contributed by atoms with Crippen LogP contribution in [0.2, 0.25) is 0 Å². The molecule has 0 amide bonds.